The second-order valence-electron chi connectivity index (χ2n) is 6.94. The average Bonchev–Trinajstić information content (AvgIpc) is 2.67. The Morgan fingerprint density at radius 3 is 1.97 bits per heavy atom. The van der Waals surface area contributed by atoms with Crippen LogP contribution in [-0.4, -0.2) is 43.5 Å². The molecule has 3 rings (SSSR count). The van der Waals surface area contributed by atoms with E-state index in [0.29, 0.717) is 31.9 Å². The van der Waals surface area contributed by atoms with Gasteiger partial charge >= 0.3 is 12.4 Å². The van der Waals surface area contributed by atoms with E-state index in [-0.39, 0.29) is 24.6 Å². The molecule has 11 heteroatoms. The van der Waals surface area contributed by atoms with Crippen LogP contribution >= 0.6 is 0 Å². The average molecular weight is 467 g/mol. The molecule has 4 nitrogen and oxygen atoms in total. The minimum Gasteiger partial charge on any atom is -1.00 e. The molecule has 170 valence electrons. The minimum atomic E-state index is -4.50. The first-order valence-electron chi connectivity index (χ1n) is 9.14. The highest BCUT2D eigenvalue weighted by Crippen LogP contribution is 2.32. The number of rotatable bonds is 4. The summed E-state index contributed by atoms with van der Waals surface area (Å²) in [6.07, 6.45) is -8.92. The van der Waals surface area contributed by atoms with E-state index in [4.69, 9.17) is 0 Å². The summed E-state index contributed by atoms with van der Waals surface area (Å²) < 4.78 is 76.9. The summed E-state index contributed by atoms with van der Waals surface area (Å²) in [4.78, 5) is 15.8. The molecule has 2 aromatic rings. The topological polar surface area (TPSA) is 35.6 Å². The quantitative estimate of drug-likeness (QED) is 0.694. The zero-order valence-corrected chi connectivity index (χ0v) is 16.9. The molecule has 2 aromatic carbocycles. The number of alkyl halides is 6. The minimum absolute atomic E-state index is 0. The molecule has 0 aliphatic carbocycles. The number of carbonyl (C=O) groups is 1. The van der Waals surface area contributed by atoms with Crippen LogP contribution in [0.5, 0.6) is 0 Å². The van der Waals surface area contributed by atoms with E-state index in [9.17, 15) is 31.1 Å². The molecule has 1 aliphatic rings. The zero-order chi connectivity index (χ0) is 21.9. The molecule has 0 bridgehead atoms. The highest BCUT2D eigenvalue weighted by molar-refractivity contribution is 5.92. The van der Waals surface area contributed by atoms with Crippen LogP contribution in [0.25, 0.3) is 0 Å². The number of nitrogens with zero attached hydrogens (tertiary/aromatic N) is 2. The number of carbonyl (C=O) groups excluding carboxylic acids is 1. The predicted octanol–water partition coefficient (Wildman–Crippen LogP) is 1.49. The van der Waals surface area contributed by atoms with Crippen LogP contribution in [0.2, 0.25) is 0 Å². The Morgan fingerprint density at radius 1 is 0.839 bits per heavy atom. The molecule has 0 aromatic heterocycles. The van der Waals surface area contributed by atoms with Crippen molar-refractivity contribution in [1.29, 1.82) is 0 Å². The molecule has 0 saturated carbocycles. The first-order chi connectivity index (χ1) is 14.0. The standard InChI is InChI=1S/C20H19F6N3O.ClH/c21-19(22,23)14-3-1-5-16(11-14)27-18(30)13-28-7-9-29(10-8-28)17-6-2-4-15(12-17)20(24,25)26;/h1-6,11-12H,7-10,13H2,(H,27,30);1H/p-1. The van der Waals surface area contributed by atoms with E-state index >= 15 is 0 Å². The maximum Gasteiger partial charge on any atom is 0.416 e. The molecule has 0 atom stereocenters. The molecular weight excluding hydrogens is 448 g/mol. The largest absolute Gasteiger partial charge is 1.00 e. The Hall–Kier alpha value is -2.46. The van der Waals surface area contributed by atoms with Crippen molar-refractivity contribution >= 4 is 17.3 Å². The van der Waals surface area contributed by atoms with Crippen molar-refractivity contribution in [3.8, 4) is 0 Å². The monoisotopic (exact) mass is 466 g/mol. The Labute approximate surface area is 181 Å². The summed E-state index contributed by atoms with van der Waals surface area (Å²) in [5, 5.41) is 2.45. The van der Waals surface area contributed by atoms with Crippen molar-refractivity contribution in [1.82, 2.24) is 4.90 Å². The molecule has 1 N–H and O–H groups in total. The third kappa shape index (κ3) is 6.76. The van der Waals surface area contributed by atoms with Gasteiger partial charge in [0.25, 0.3) is 0 Å². The number of nitrogens with one attached hydrogen (secondary N) is 1. The van der Waals surface area contributed by atoms with Gasteiger partial charge in [0, 0.05) is 37.6 Å². The normalized spacial score (nSPS) is 15.4. The molecule has 1 amide bonds. The second kappa shape index (κ2) is 9.78. The van der Waals surface area contributed by atoms with E-state index in [2.05, 4.69) is 5.32 Å². The highest BCUT2D eigenvalue weighted by Gasteiger charge is 2.32. The van der Waals surface area contributed by atoms with Gasteiger partial charge in [0.1, 0.15) is 0 Å². The lowest BCUT2D eigenvalue weighted by atomic mass is 10.1. The SMILES string of the molecule is O=C(CN1CCN(c2cccc(C(F)(F)F)c2)CC1)Nc1cccc(C(F)(F)F)c1.[Cl-]. The smallest absolute Gasteiger partial charge is 0.416 e. The fraction of sp³-hybridized carbons (Fsp3) is 0.350. The molecule has 0 radical (unpaired) electrons. The van der Waals surface area contributed by atoms with Crippen LogP contribution in [0.4, 0.5) is 37.7 Å². The lowest BCUT2D eigenvalue weighted by Gasteiger charge is -2.36. The van der Waals surface area contributed by atoms with Crippen molar-refractivity contribution < 1.29 is 43.5 Å². The fourth-order valence-corrected chi connectivity index (χ4v) is 3.22. The third-order valence-electron chi connectivity index (χ3n) is 4.75. The second-order valence-corrected chi connectivity index (χ2v) is 6.94. The van der Waals surface area contributed by atoms with Gasteiger partial charge in [-0.25, -0.2) is 0 Å². The maximum atomic E-state index is 12.9. The first kappa shape index (κ1) is 24.8. The highest BCUT2D eigenvalue weighted by atomic mass is 35.5. The van der Waals surface area contributed by atoms with Gasteiger partial charge in [0.2, 0.25) is 5.91 Å². The van der Waals surface area contributed by atoms with Crippen molar-refractivity contribution in [3.05, 3.63) is 59.7 Å². The number of amides is 1. The van der Waals surface area contributed by atoms with Crippen LogP contribution < -0.4 is 22.6 Å². The molecule has 1 saturated heterocycles. The third-order valence-corrected chi connectivity index (χ3v) is 4.75. The van der Waals surface area contributed by atoms with Crippen LogP contribution in [0.15, 0.2) is 48.5 Å². The van der Waals surface area contributed by atoms with Gasteiger partial charge in [-0.1, -0.05) is 12.1 Å². The summed E-state index contributed by atoms with van der Waals surface area (Å²) in [6.45, 7) is 1.71. The Bertz CT molecular complexity index is 895. The van der Waals surface area contributed by atoms with Crippen LogP contribution in [0, 0.1) is 0 Å². The van der Waals surface area contributed by atoms with Gasteiger partial charge in [0.05, 0.1) is 17.7 Å². The van der Waals surface area contributed by atoms with E-state index in [1.807, 2.05) is 0 Å². The number of anilines is 2. The molecule has 1 heterocycles. The summed E-state index contributed by atoms with van der Waals surface area (Å²) in [7, 11) is 0. The summed E-state index contributed by atoms with van der Waals surface area (Å²) in [6, 6.07) is 9.43. The Kier molecular flexibility index (Phi) is 7.82. The van der Waals surface area contributed by atoms with Crippen LogP contribution in [0.3, 0.4) is 0 Å². The summed E-state index contributed by atoms with van der Waals surface area (Å²) >= 11 is 0. The van der Waals surface area contributed by atoms with E-state index in [0.717, 1.165) is 24.3 Å². The van der Waals surface area contributed by atoms with Crippen molar-refractivity contribution in [2.75, 3.05) is 42.9 Å². The first-order valence-corrected chi connectivity index (χ1v) is 9.14. The van der Waals surface area contributed by atoms with E-state index in [1.165, 1.54) is 18.2 Å². The lowest BCUT2D eigenvalue weighted by Crippen LogP contribution is -3.00. The number of halogens is 7. The maximum absolute atomic E-state index is 12.9. The van der Waals surface area contributed by atoms with E-state index < -0.39 is 29.4 Å². The number of hydrogen-bond acceptors (Lipinski definition) is 3. The predicted molar refractivity (Wildman–Crippen MR) is 100 cm³/mol. The lowest BCUT2D eigenvalue weighted by molar-refractivity contribution is -0.138. The molecule has 0 spiro atoms. The number of piperazine rings is 1. The van der Waals surface area contributed by atoms with Crippen molar-refractivity contribution in [3.63, 3.8) is 0 Å². The van der Waals surface area contributed by atoms with Crippen LogP contribution in [0.1, 0.15) is 11.1 Å². The molecule has 0 unspecified atom stereocenters. The van der Waals surface area contributed by atoms with Gasteiger partial charge < -0.3 is 22.6 Å². The molecule has 1 aliphatic heterocycles. The summed E-state index contributed by atoms with van der Waals surface area (Å²) in [5.41, 5.74) is -1.06. The number of benzene rings is 2. The van der Waals surface area contributed by atoms with Crippen LogP contribution in [-0.2, 0) is 17.1 Å². The molecular formula is C20H19ClF6N3O-. The van der Waals surface area contributed by atoms with Crippen molar-refractivity contribution in [2.24, 2.45) is 0 Å². The number of hydrogen-bond donors (Lipinski definition) is 1. The van der Waals surface area contributed by atoms with Gasteiger partial charge in [-0.05, 0) is 36.4 Å². The molecule has 1 fully saturated rings. The fourth-order valence-electron chi connectivity index (χ4n) is 3.22. The van der Waals surface area contributed by atoms with Gasteiger partial charge in [-0.3, -0.25) is 9.69 Å². The van der Waals surface area contributed by atoms with Gasteiger partial charge in [-0.15, -0.1) is 0 Å². The Balaban J connectivity index is 0.00000341. The summed E-state index contributed by atoms with van der Waals surface area (Å²) in [5.74, 6) is -0.457. The van der Waals surface area contributed by atoms with Crippen molar-refractivity contribution in [2.45, 2.75) is 12.4 Å². The van der Waals surface area contributed by atoms with Gasteiger partial charge in [0.15, 0.2) is 0 Å². The molecule has 31 heavy (non-hydrogen) atoms. The van der Waals surface area contributed by atoms with Gasteiger partial charge in [-0.2, -0.15) is 26.3 Å². The van der Waals surface area contributed by atoms with E-state index in [1.54, 1.807) is 15.9 Å². The zero-order valence-electron chi connectivity index (χ0n) is 16.1. The Morgan fingerprint density at radius 2 is 1.39 bits per heavy atom.